The van der Waals surface area contributed by atoms with Gasteiger partial charge in [-0.3, -0.25) is 4.90 Å². The van der Waals surface area contributed by atoms with Gasteiger partial charge in [-0.25, -0.2) is 0 Å². The Bertz CT molecular complexity index is 384. The highest BCUT2D eigenvalue weighted by atomic mass is 79.9. The molecule has 0 N–H and O–H groups in total. The molecule has 17 heavy (non-hydrogen) atoms. The summed E-state index contributed by atoms with van der Waals surface area (Å²) in [4.78, 5) is 2.42. The molecule has 4 heteroatoms. The molecule has 3 nitrogen and oxygen atoms in total. The van der Waals surface area contributed by atoms with Crippen LogP contribution in [0.25, 0.3) is 0 Å². The molecule has 1 atom stereocenters. The van der Waals surface area contributed by atoms with Crippen LogP contribution < -0.4 is 4.74 Å². The number of halogens is 1. The van der Waals surface area contributed by atoms with Gasteiger partial charge in [-0.15, -0.1) is 0 Å². The minimum absolute atomic E-state index is 0.395. The molecular formula is C13H18BrNO2. The first-order valence-electron chi connectivity index (χ1n) is 5.80. The number of ether oxygens (including phenoxy) is 2. The molecule has 0 spiro atoms. The molecule has 2 rings (SSSR count). The fourth-order valence-corrected chi connectivity index (χ4v) is 2.64. The van der Waals surface area contributed by atoms with E-state index in [1.165, 1.54) is 5.56 Å². The van der Waals surface area contributed by atoms with E-state index in [1.54, 1.807) is 14.2 Å². The third-order valence-electron chi connectivity index (χ3n) is 3.22. The van der Waals surface area contributed by atoms with Crippen molar-refractivity contribution >= 4 is 15.9 Å². The number of hydrogen-bond acceptors (Lipinski definition) is 3. The Hall–Kier alpha value is -0.580. The Balaban J connectivity index is 1.99. The molecule has 0 bridgehead atoms. The zero-order valence-electron chi connectivity index (χ0n) is 10.3. The summed E-state index contributed by atoms with van der Waals surface area (Å²) in [5.74, 6) is 0.886. The summed E-state index contributed by atoms with van der Waals surface area (Å²) >= 11 is 3.59. The third kappa shape index (κ3) is 3.21. The number of likely N-dealkylation sites (tertiary alicyclic amines) is 1. The zero-order valence-corrected chi connectivity index (χ0v) is 11.9. The van der Waals surface area contributed by atoms with Crippen molar-refractivity contribution in [2.45, 2.75) is 19.1 Å². The molecule has 1 saturated heterocycles. The van der Waals surface area contributed by atoms with Gasteiger partial charge < -0.3 is 9.47 Å². The maximum absolute atomic E-state index is 5.37. The van der Waals surface area contributed by atoms with Gasteiger partial charge in [0, 0.05) is 31.2 Å². The van der Waals surface area contributed by atoms with Gasteiger partial charge >= 0.3 is 0 Å². The lowest BCUT2D eigenvalue weighted by Crippen LogP contribution is -2.22. The molecule has 1 aromatic rings. The Morgan fingerprint density at radius 1 is 1.41 bits per heavy atom. The predicted molar refractivity (Wildman–Crippen MR) is 71.4 cm³/mol. The lowest BCUT2D eigenvalue weighted by Gasteiger charge is -2.17. The summed E-state index contributed by atoms with van der Waals surface area (Å²) in [5.41, 5.74) is 1.29. The SMILES string of the molecule is COc1ccc(CN2CCC(OC)C2)c(Br)c1. The Kier molecular flexibility index (Phi) is 4.42. The second kappa shape index (κ2) is 5.85. The van der Waals surface area contributed by atoms with Crippen LogP contribution in [0.2, 0.25) is 0 Å². The molecule has 1 fully saturated rings. The molecule has 0 amide bonds. The number of hydrogen-bond donors (Lipinski definition) is 0. The molecule has 1 aliphatic rings. The highest BCUT2D eigenvalue weighted by Crippen LogP contribution is 2.25. The van der Waals surface area contributed by atoms with Gasteiger partial charge in [0.25, 0.3) is 0 Å². The Morgan fingerprint density at radius 2 is 2.24 bits per heavy atom. The van der Waals surface area contributed by atoms with Gasteiger partial charge in [0.05, 0.1) is 13.2 Å². The van der Waals surface area contributed by atoms with Crippen molar-refractivity contribution in [3.05, 3.63) is 28.2 Å². The minimum atomic E-state index is 0.395. The average Bonchev–Trinajstić information content (AvgIpc) is 2.79. The van der Waals surface area contributed by atoms with Gasteiger partial charge in [-0.1, -0.05) is 22.0 Å². The van der Waals surface area contributed by atoms with E-state index in [0.717, 1.165) is 36.3 Å². The van der Waals surface area contributed by atoms with E-state index in [0.29, 0.717) is 6.10 Å². The van der Waals surface area contributed by atoms with E-state index in [4.69, 9.17) is 9.47 Å². The van der Waals surface area contributed by atoms with Crippen molar-refractivity contribution in [3.63, 3.8) is 0 Å². The molecule has 0 saturated carbocycles. The first kappa shape index (κ1) is 12.9. The highest BCUT2D eigenvalue weighted by Gasteiger charge is 2.22. The number of benzene rings is 1. The van der Waals surface area contributed by atoms with Crippen molar-refractivity contribution in [1.29, 1.82) is 0 Å². The van der Waals surface area contributed by atoms with Crippen LogP contribution in [0, 0.1) is 0 Å². The zero-order chi connectivity index (χ0) is 12.3. The van der Waals surface area contributed by atoms with Crippen LogP contribution in [0.3, 0.4) is 0 Å². The van der Waals surface area contributed by atoms with Crippen molar-refractivity contribution in [2.24, 2.45) is 0 Å². The molecule has 1 heterocycles. The van der Waals surface area contributed by atoms with Crippen molar-refractivity contribution < 1.29 is 9.47 Å². The first-order chi connectivity index (χ1) is 8.22. The number of nitrogens with zero attached hydrogens (tertiary/aromatic N) is 1. The summed E-state index contributed by atoms with van der Waals surface area (Å²) in [6.45, 7) is 3.09. The van der Waals surface area contributed by atoms with Crippen LogP contribution in [0.15, 0.2) is 22.7 Å². The molecule has 1 unspecified atom stereocenters. The molecule has 1 aromatic carbocycles. The van der Waals surface area contributed by atoms with Crippen molar-refractivity contribution in [3.8, 4) is 5.75 Å². The van der Waals surface area contributed by atoms with Crippen molar-refractivity contribution in [2.75, 3.05) is 27.3 Å². The maximum atomic E-state index is 5.37. The quantitative estimate of drug-likeness (QED) is 0.853. The van der Waals surface area contributed by atoms with E-state index in [2.05, 4.69) is 26.9 Å². The molecule has 0 aliphatic carbocycles. The van der Waals surface area contributed by atoms with E-state index < -0.39 is 0 Å². The van der Waals surface area contributed by atoms with E-state index >= 15 is 0 Å². The van der Waals surface area contributed by atoms with Crippen LogP contribution >= 0.6 is 15.9 Å². The Morgan fingerprint density at radius 3 is 2.82 bits per heavy atom. The topological polar surface area (TPSA) is 21.7 Å². The summed E-state index contributed by atoms with van der Waals surface area (Å²) < 4.78 is 11.7. The molecular weight excluding hydrogens is 282 g/mol. The van der Waals surface area contributed by atoms with Crippen LogP contribution in [0.1, 0.15) is 12.0 Å². The second-order valence-electron chi connectivity index (χ2n) is 4.34. The van der Waals surface area contributed by atoms with Gasteiger partial charge in [0.1, 0.15) is 5.75 Å². The fourth-order valence-electron chi connectivity index (χ4n) is 2.16. The second-order valence-corrected chi connectivity index (χ2v) is 5.19. The van der Waals surface area contributed by atoms with Crippen LogP contribution in [-0.4, -0.2) is 38.3 Å². The van der Waals surface area contributed by atoms with Crippen LogP contribution in [-0.2, 0) is 11.3 Å². The number of rotatable bonds is 4. The van der Waals surface area contributed by atoms with Gasteiger partial charge in [-0.05, 0) is 24.1 Å². The molecule has 94 valence electrons. The Labute approximate surface area is 111 Å². The number of methoxy groups -OCH3 is 2. The average molecular weight is 300 g/mol. The van der Waals surface area contributed by atoms with Gasteiger partial charge in [-0.2, -0.15) is 0 Å². The highest BCUT2D eigenvalue weighted by molar-refractivity contribution is 9.10. The van der Waals surface area contributed by atoms with E-state index in [-0.39, 0.29) is 0 Å². The van der Waals surface area contributed by atoms with E-state index in [1.807, 2.05) is 12.1 Å². The van der Waals surface area contributed by atoms with Gasteiger partial charge in [0.15, 0.2) is 0 Å². The molecule has 1 aliphatic heterocycles. The molecule has 0 aromatic heterocycles. The lowest BCUT2D eigenvalue weighted by molar-refractivity contribution is 0.107. The van der Waals surface area contributed by atoms with Crippen LogP contribution in [0.4, 0.5) is 0 Å². The predicted octanol–water partition coefficient (Wildman–Crippen LogP) is 2.68. The van der Waals surface area contributed by atoms with Gasteiger partial charge in [0.2, 0.25) is 0 Å². The summed E-state index contributed by atoms with van der Waals surface area (Å²) in [6, 6.07) is 6.13. The summed E-state index contributed by atoms with van der Waals surface area (Å²) in [6.07, 6.45) is 1.52. The van der Waals surface area contributed by atoms with Crippen molar-refractivity contribution in [1.82, 2.24) is 4.90 Å². The largest absolute Gasteiger partial charge is 0.497 e. The fraction of sp³-hybridized carbons (Fsp3) is 0.538. The summed E-state index contributed by atoms with van der Waals surface area (Å²) in [5, 5.41) is 0. The normalized spacial score (nSPS) is 20.8. The third-order valence-corrected chi connectivity index (χ3v) is 3.95. The maximum Gasteiger partial charge on any atom is 0.120 e. The lowest BCUT2D eigenvalue weighted by atomic mass is 10.2. The van der Waals surface area contributed by atoms with Crippen LogP contribution in [0.5, 0.6) is 5.75 Å². The monoisotopic (exact) mass is 299 g/mol. The smallest absolute Gasteiger partial charge is 0.120 e. The minimum Gasteiger partial charge on any atom is -0.497 e. The first-order valence-corrected chi connectivity index (χ1v) is 6.60. The van der Waals surface area contributed by atoms with E-state index in [9.17, 15) is 0 Å². The summed E-state index contributed by atoms with van der Waals surface area (Å²) in [7, 11) is 3.47. The standard InChI is InChI=1S/C13H18BrNO2/c1-16-11-4-3-10(13(14)7-11)8-15-6-5-12(9-15)17-2/h3-4,7,12H,5-6,8-9H2,1-2H3. The molecule has 0 radical (unpaired) electrons.